The van der Waals surface area contributed by atoms with Gasteiger partial charge < -0.3 is 34.8 Å². The number of likely N-dealkylation sites (tertiary alicyclic amines) is 1. The van der Waals surface area contributed by atoms with Crippen molar-refractivity contribution >= 4 is 68.9 Å². The van der Waals surface area contributed by atoms with E-state index >= 15 is 0 Å². The molecule has 0 saturated carbocycles. The Balaban J connectivity index is 1.14. The number of fused-ring (bicyclic) bond motifs is 4. The van der Waals surface area contributed by atoms with E-state index in [1.807, 2.05) is 44.4 Å². The SMILES string of the molecule is CCc1nc(C)sc1C(=O)Nc1nc2cc(C(N)=O)cc(OCCCN3CC4CC3CO4)c2n1C/C=C/Cn1c(NC(=O)c2cc(C)nn2CC)nc2cc(C(N)=O)cc(OC)c21. The number of carbonyl (C=O) groups is 4. The molecule has 0 aliphatic carbocycles. The summed E-state index contributed by atoms with van der Waals surface area (Å²) in [5, 5.41) is 11.1. The lowest BCUT2D eigenvalue weighted by molar-refractivity contribution is 0.0289. The largest absolute Gasteiger partial charge is 0.494 e. The molecule has 2 fully saturated rings. The van der Waals surface area contributed by atoms with Gasteiger partial charge in [-0.25, -0.2) is 15.0 Å². The number of thiazole rings is 1. The molecule has 6 N–H and O–H groups in total. The molecule has 19 nitrogen and oxygen atoms in total. The zero-order chi connectivity index (χ0) is 44.5. The molecule has 330 valence electrons. The number of imidazole rings is 2. The van der Waals surface area contributed by atoms with Crippen LogP contribution in [0.1, 0.15) is 84.0 Å². The van der Waals surface area contributed by atoms with Gasteiger partial charge in [0.25, 0.3) is 11.8 Å². The molecule has 6 aromatic rings. The molecule has 8 rings (SSSR count). The summed E-state index contributed by atoms with van der Waals surface area (Å²) in [6, 6.07) is 8.38. The van der Waals surface area contributed by atoms with Gasteiger partial charge in [-0.05, 0) is 70.4 Å². The van der Waals surface area contributed by atoms with E-state index < -0.39 is 17.7 Å². The van der Waals surface area contributed by atoms with Crippen LogP contribution in [0.25, 0.3) is 22.1 Å². The first kappa shape index (κ1) is 43.0. The number of carbonyl (C=O) groups excluding carboxylic acids is 4. The number of primary amides is 2. The Labute approximate surface area is 366 Å². The van der Waals surface area contributed by atoms with Crippen LogP contribution in [0.3, 0.4) is 0 Å². The van der Waals surface area contributed by atoms with Crippen LogP contribution in [0, 0.1) is 13.8 Å². The van der Waals surface area contributed by atoms with E-state index in [-0.39, 0.29) is 48.1 Å². The molecule has 20 heteroatoms. The topological polar surface area (TPSA) is 242 Å². The van der Waals surface area contributed by atoms with Crippen LogP contribution in [-0.4, -0.2) is 108 Å². The van der Waals surface area contributed by atoms with Gasteiger partial charge in [0.1, 0.15) is 33.1 Å². The van der Waals surface area contributed by atoms with Crippen molar-refractivity contribution in [3.05, 3.63) is 80.6 Å². The summed E-state index contributed by atoms with van der Waals surface area (Å²) in [7, 11) is 1.47. The molecule has 0 radical (unpaired) electrons. The zero-order valence-electron chi connectivity index (χ0n) is 35.8. The maximum absolute atomic E-state index is 13.9. The predicted octanol–water partition coefficient (Wildman–Crippen LogP) is 4.45. The van der Waals surface area contributed by atoms with Gasteiger partial charge in [0.2, 0.25) is 23.7 Å². The van der Waals surface area contributed by atoms with Gasteiger partial charge in [-0.1, -0.05) is 19.1 Å². The summed E-state index contributed by atoms with van der Waals surface area (Å²) < 4.78 is 23.1. The van der Waals surface area contributed by atoms with E-state index in [0.717, 1.165) is 37.5 Å². The average molecular weight is 879 g/mol. The second kappa shape index (κ2) is 18.0. The van der Waals surface area contributed by atoms with Gasteiger partial charge in [0.15, 0.2) is 0 Å². The fourth-order valence-electron chi connectivity index (χ4n) is 8.30. The van der Waals surface area contributed by atoms with Crippen molar-refractivity contribution in [3.8, 4) is 11.5 Å². The van der Waals surface area contributed by atoms with E-state index in [1.165, 1.54) is 24.5 Å². The number of hydrogen-bond donors (Lipinski definition) is 4. The average Bonchev–Trinajstić information content (AvgIpc) is 4.13. The molecule has 0 spiro atoms. The molecule has 63 heavy (non-hydrogen) atoms. The maximum Gasteiger partial charge on any atom is 0.276 e. The minimum absolute atomic E-state index is 0.178. The summed E-state index contributed by atoms with van der Waals surface area (Å²) in [6.07, 6.45) is 6.38. The number of nitrogens with two attached hydrogens (primary N) is 2. The number of amides is 4. The Morgan fingerprint density at radius 2 is 1.52 bits per heavy atom. The van der Waals surface area contributed by atoms with Crippen LogP contribution in [0.15, 0.2) is 42.5 Å². The van der Waals surface area contributed by atoms with Crippen molar-refractivity contribution in [2.75, 3.05) is 44.0 Å². The number of hydrogen-bond acceptors (Lipinski definition) is 13. The van der Waals surface area contributed by atoms with E-state index in [4.69, 9.17) is 35.6 Å². The Hall–Kier alpha value is -6.64. The highest BCUT2D eigenvalue weighted by atomic mass is 32.1. The molecule has 6 heterocycles. The number of methoxy groups -OCH3 is 1. The lowest BCUT2D eigenvalue weighted by atomic mass is 10.1. The van der Waals surface area contributed by atoms with E-state index in [9.17, 15) is 19.2 Å². The minimum Gasteiger partial charge on any atom is -0.494 e. The van der Waals surface area contributed by atoms with Crippen LogP contribution in [0.4, 0.5) is 11.9 Å². The highest BCUT2D eigenvalue weighted by Gasteiger charge is 2.38. The zero-order valence-corrected chi connectivity index (χ0v) is 36.6. The van der Waals surface area contributed by atoms with Crippen molar-refractivity contribution in [2.24, 2.45) is 11.5 Å². The van der Waals surface area contributed by atoms with Crippen molar-refractivity contribution < 1.29 is 33.4 Å². The summed E-state index contributed by atoms with van der Waals surface area (Å²) in [5.41, 5.74) is 15.4. The van der Waals surface area contributed by atoms with Gasteiger partial charge in [0.05, 0.1) is 53.9 Å². The number of morpholine rings is 1. The van der Waals surface area contributed by atoms with E-state index in [2.05, 4.69) is 25.6 Å². The van der Waals surface area contributed by atoms with Crippen molar-refractivity contribution in [1.29, 1.82) is 0 Å². The summed E-state index contributed by atoms with van der Waals surface area (Å²) in [4.78, 5) is 69.4. The fourth-order valence-corrected chi connectivity index (χ4v) is 9.20. The lowest BCUT2D eigenvalue weighted by Gasteiger charge is -2.26. The Kier molecular flexibility index (Phi) is 12.3. The first-order valence-corrected chi connectivity index (χ1v) is 21.7. The van der Waals surface area contributed by atoms with Crippen LogP contribution >= 0.6 is 11.3 Å². The fraction of sp³-hybridized carbons (Fsp3) is 0.395. The van der Waals surface area contributed by atoms with Crippen LogP contribution in [0.2, 0.25) is 0 Å². The number of ether oxygens (including phenoxy) is 3. The molecule has 2 aliphatic rings. The molecule has 2 bridgehead atoms. The number of allylic oxidation sites excluding steroid dienone is 2. The van der Waals surface area contributed by atoms with E-state index in [0.29, 0.717) is 81.1 Å². The lowest BCUT2D eigenvalue weighted by Crippen LogP contribution is -2.37. The Morgan fingerprint density at radius 1 is 0.889 bits per heavy atom. The van der Waals surface area contributed by atoms with Crippen molar-refractivity contribution in [2.45, 2.75) is 78.7 Å². The summed E-state index contributed by atoms with van der Waals surface area (Å²) in [5.74, 6) is -0.982. The van der Waals surface area contributed by atoms with Gasteiger partial charge in [-0.3, -0.25) is 39.4 Å². The Morgan fingerprint density at radius 3 is 2.10 bits per heavy atom. The van der Waals surface area contributed by atoms with Gasteiger partial charge >= 0.3 is 0 Å². The maximum atomic E-state index is 13.9. The molecular weight excluding hydrogens is 829 g/mol. The molecule has 4 amide bonds. The summed E-state index contributed by atoms with van der Waals surface area (Å²) >= 11 is 1.30. The molecule has 2 aliphatic heterocycles. The number of aromatic nitrogens is 7. The van der Waals surface area contributed by atoms with Gasteiger partial charge in [0, 0.05) is 49.9 Å². The molecule has 2 saturated heterocycles. The van der Waals surface area contributed by atoms with Crippen molar-refractivity contribution in [1.82, 2.24) is 38.8 Å². The number of rotatable bonds is 18. The highest BCUT2D eigenvalue weighted by Crippen LogP contribution is 2.34. The summed E-state index contributed by atoms with van der Waals surface area (Å²) in [6.45, 7) is 11.2. The third-order valence-electron chi connectivity index (χ3n) is 11.2. The normalized spacial score (nSPS) is 16.1. The number of aryl methyl sites for hydroxylation is 4. The number of nitrogens with zero attached hydrogens (tertiary/aromatic N) is 8. The minimum atomic E-state index is -0.663. The van der Waals surface area contributed by atoms with Crippen LogP contribution < -0.4 is 31.6 Å². The molecule has 4 aromatic heterocycles. The van der Waals surface area contributed by atoms with E-state index in [1.54, 1.807) is 33.5 Å². The predicted molar refractivity (Wildman–Crippen MR) is 237 cm³/mol. The van der Waals surface area contributed by atoms with Crippen LogP contribution in [0.5, 0.6) is 11.5 Å². The number of nitrogens with one attached hydrogen (secondary N) is 2. The first-order chi connectivity index (χ1) is 30.3. The third-order valence-corrected chi connectivity index (χ3v) is 12.2. The second-order valence-electron chi connectivity index (χ2n) is 15.5. The van der Waals surface area contributed by atoms with Crippen molar-refractivity contribution in [3.63, 3.8) is 0 Å². The monoisotopic (exact) mass is 878 g/mol. The van der Waals surface area contributed by atoms with Gasteiger partial charge in [-0.15, -0.1) is 11.3 Å². The number of anilines is 2. The highest BCUT2D eigenvalue weighted by molar-refractivity contribution is 7.13. The number of benzene rings is 2. The van der Waals surface area contributed by atoms with Crippen LogP contribution in [-0.2, 0) is 30.8 Å². The Bertz CT molecular complexity index is 2780. The molecule has 2 aromatic carbocycles. The molecule has 2 atom stereocenters. The molecule has 2 unspecified atom stereocenters. The second-order valence-corrected chi connectivity index (χ2v) is 16.7. The standard InChI is InChI=1S/C43H50N12O7S/c1-6-29-37(63-24(4)46-29)41(59)50-43-48-31-17-26(39(45)57)19-34(61-14-10-11-52-21-28-20-27(52)22-62-28)36(31)54(43)13-9-8-12-53-35-30(16-25(38(44)56)18-33(35)60-5)47-42(53)49-40(58)32-15-23(3)51-55(32)7-2/h8-9,15-19,27-28H,6-7,10-14,20-22H2,1-5H3,(H2,44,56)(H2,45,57)(H,47,49,58)(H,48,50,59)/b9-8+. The third kappa shape index (κ3) is 8.73. The first-order valence-electron chi connectivity index (χ1n) is 20.8. The van der Waals surface area contributed by atoms with Gasteiger partial charge in [-0.2, -0.15) is 5.10 Å². The quantitative estimate of drug-likeness (QED) is 0.0692. The smallest absolute Gasteiger partial charge is 0.276 e. The molecular formula is C43H50N12O7S.